The fourth-order valence-electron chi connectivity index (χ4n) is 3.40. The van der Waals surface area contributed by atoms with Crippen molar-refractivity contribution >= 4 is 11.0 Å². The van der Waals surface area contributed by atoms with Crippen LogP contribution >= 0.6 is 0 Å². The number of hydrogen-bond acceptors (Lipinski definition) is 9. The second-order valence-corrected chi connectivity index (χ2v) is 7.12. The van der Waals surface area contributed by atoms with E-state index in [1.165, 1.54) is 37.5 Å². The van der Waals surface area contributed by atoms with Crippen LogP contribution in [0.3, 0.4) is 0 Å². The molecule has 0 amide bonds. The summed E-state index contributed by atoms with van der Waals surface area (Å²) in [7, 11) is 0. The first kappa shape index (κ1) is 20.2. The van der Waals surface area contributed by atoms with Crippen molar-refractivity contribution in [2.24, 2.45) is 0 Å². The second kappa shape index (κ2) is 7.62. The topological polar surface area (TPSA) is 150 Å². The molecule has 1 fully saturated rings. The van der Waals surface area contributed by atoms with Crippen LogP contribution in [0.1, 0.15) is 6.92 Å². The van der Waals surface area contributed by atoms with Crippen LogP contribution in [0.15, 0.2) is 51.9 Å². The zero-order chi connectivity index (χ0) is 21.6. The van der Waals surface area contributed by atoms with Gasteiger partial charge in [0.15, 0.2) is 11.3 Å². The monoisotopic (exact) mass is 416 g/mol. The second-order valence-electron chi connectivity index (χ2n) is 7.12. The van der Waals surface area contributed by atoms with Gasteiger partial charge in [-0.15, -0.1) is 0 Å². The Morgan fingerprint density at radius 1 is 1.03 bits per heavy atom. The molecule has 4 rings (SSSR count). The Kier molecular flexibility index (Phi) is 5.12. The minimum atomic E-state index is -1.46. The molecule has 1 aromatic heterocycles. The van der Waals surface area contributed by atoms with E-state index in [1.54, 1.807) is 12.1 Å². The Morgan fingerprint density at radius 3 is 2.37 bits per heavy atom. The zero-order valence-corrected chi connectivity index (χ0v) is 15.8. The van der Waals surface area contributed by atoms with Crippen LogP contribution in [0.4, 0.5) is 0 Å². The van der Waals surface area contributed by atoms with E-state index in [9.17, 15) is 30.3 Å². The molecule has 1 saturated heterocycles. The van der Waals surface area contributed by atoms with Crippen molar-refractivity contribution in [2.75, 3.05) is 0 Å². The fourth-order valence-corrected chi connectivity index (χ4v) is 3.40. The van der Waals surface area contributed by atoms with Crippen LogP contribution < -0.4 is 10.2 Å². The largest absolute Gasteiger partial charge is 0.508 e. The van der Waals surface area contributed by atoms with Crippen molar-refractivity contribution in [2.45, 2.75) is 37.6 Å². The van der Waals surface area contributed by atoms with Crippen LogP contribution in [0.2, 0.25) is 0 Å². The Labute approximate surface area is 170 Å². The van der Waals surface area contributed by atoms with Crippen LogP contribution in [0, 0.1) is 0 Å². The van der Waals surface area contributed by atoms with Crippen molar-refractivity contribution < 1.29 is 39.4 Å². The lowest BCUT2D eigenvalue weighted by molar-refractivity contribution is -0.129. The number of aliphatic hydroxyl groups is 3. The van der Waals surface area contributed by atoms with Gasteiger partial charge in [0.05, 0.1) is 17.1 Å². The molecule has 30 heavy (non-hydrogen) atoms. The molecule has 2 heterocycles. The SMILES string of the molecule is C[C@H](O)[C@@H]1O[C@@H](Oc2ccc3c(=O)c(-c4ccc(O)cc4)coc3c2O)[C@H](O)[C@@H]1O. The average molecular weight is 416 g/mol. The first-order valence-electron chi connectivity index (χ1n) is 9.21. The minimum Gasteiger partial charge on any atom is -0.508 e. The van der Waals surface area contributed by atoms with E-state index in [0.717, 1.165) is 0 Å². The first-order chi connectivity index (χ1) is 14.3. The maximum absolute atomic E-state index is 12.8. The number of ether oxygens (including phenoxy) is 2. The number of fused-ring (bicyclic) bond motifs is 1. The van der Waals surface area contributed by atoms with Gasteiger partial charge in [0.25, 0.3) is 0 Å². The summed E-state index contributed by atoms with van der Waals surface area (Å²) in [5, 5.41) is 49.7. The lowest BCUT2D eigenvalue weighted by Gasteiger charge is -2.18. The van der Waals surface area contributed by atoms with Gasteiger partial charge in [-0.1, -0.05) is 12.1 Å². The summed E-state index contributed by atoms with van der Waals surface area (Å²) < 4.78 is 16.3. The molecular formula is C21H20O9. The Bertz CT molecular complexity index is 1120. The third-order valence-electron chi connectivity index (χ3n) is 5.03. The van der Waals surface area contributed by atoms with Gasteiger partial charge >= 0.3 is 0 Å². The average Bonchev–Trinajstić information content (AvgIpc) is 3.00. The quantitative estimate of drug-likeness (QED) is 0.421. The smallest absolute Gasteiger partial charge is 0.229 e. The molecule has 1 aliphatic rings. The lowest BCUT2D eigenvalue weighted by Crippen LogP contribution is -2.38. The number of aromatic hydroxyl groups is 2. The highest BCUT2D eigenvalue weighted by Gasteiger charge is 2.46. The van der Waals surface area contributed by atoms with Crippen molar-refractivity contribution in [1.82, 2.24) is 0 Å². The van der Waals surface area contributed by atoms with Crippen molar-refractivity contribution in [1.29, 1.82) is 0 Å². The summed E-state index contributed by atoms with van der Waals surface area (Å²) in [6, 6.07) is 8.71. The molecule has 158 valence electrons. The van der Waals surface area contributed by atoms with Gasteiger partial charge in [-0.05, 0) is 36.8 Å². The van der Waals surface area contributed by atoms with Crippen LogP contribution in [-0.2, 0) is 4.74 Å². The summed E-state index contributed by atoms with van der Waals surface area (Å²) in [5.41, 5.74) is 0.252. The van der Waals surface area contributed by atoms with Gasteiger partial charge in [0, 0.05) is 0 Å². The molecule has 0 bridgehead atoms. The molecule has 0 radical (unpaired) electrons. The minimum absolute atomic E-state index is 0.0580. The van der Waals surface area contributed by atoms with Crippen LogP contribution in [0.5, 0.6) is 17.2 Å². The Morgan fingerprint density at radius 2 is 1.73 bits per heavy atom. The fraction of sp³-hybridized carbons (Fsp3) is 0.286. The molecule has 0 unspecified atom stereocenters. The van der Waals surface area contributed by atoms with Gasteiger partial charge in [-0.25, -0.2) is 0 Å². The molecule has 0 saturated carbocycles. The normalized spacial score (nSPS) is 24.8. The number of phenols is 2. The van der Waals surface area contributed by atoms with E-state index in [4.69, 9.17) is 13.9 Å². The van der Waals surface area contributed by atoms with Crippen LogP contribution in [-0.4, -0.2) is 56.2 Å². The summed E-state index contributed by atoms with van der Waals surface area (Å²) in [5.74, 6) is -0.555. The van der Waals surface area contributed by atoms with E-state index < -0.39 is 41.9 Å². The maximum atomic E-state index is 12.8. The highest BCUT2D eigenvalue weighted by Crippen LogP contribution is 2.37. The standard InChI is InChI=1S/C21H20O9/c1-9(22)19-17(26)18(27)21(30-19)29-14-7-6-12-15(24)13(8-28-20(12)16(14)25)10-2-4-11(23)5-3-10/h2-9,17-19,21-23,25-27H,1H3/t9-,17-,18+,19-,21+/m0/s1. The summed E-state index contributed by atoms with van der Waals surface area (Å²) in [6.07, 6.45) is -5.09. The molecule has 5 atom stereocenters. The molecule has 3 aromatic rings. The molecular weight excluding hydrogens is 396 g/mol. The predicted molar refractivity (Wildman–Crippen MR) is 104 cm³/mol. The molecule has 9 nitrogen and oxygen atoms in total. The zero-order valence-electron chi connectivity index (χ0n) is 15.8. The van der Waals surface area contributed by atoms with E-state index >= 15 is 0 Å². The van der Waals surface area contributed by atoms with Crippen molar-refractivity contribution in [3.63, 3.8) is 0 Å². The summed E-state index contributed by atoms with van der Waals surface area (Å²) in [6.45, 7) is 1.40. The number of rotatable bonds is 4. The predicted octanol–water partition coefficient (Wildman–Crippen LogP) is 1.08. The maximum Gasteiger partial charge on any atom is 0.229 e. The number of hydrogen-bond donors (Lipinski definition) is 5. The molecule has 9 heteroatoms. The van der Waals surface area contributed by atoms with Gasteiger partial charge < -0.3 is 39.4 Å². The molecule has 2 aromatic carbocycles. The third-order valence-corrected chi connectivity index (χ3v) is 5.03. The highest BCUT2D eigenvalue weighted by molar-refractivity contribution is 5.87. The van der Waals surface area contributed by atoms with E-state index in [1.807, 2.05) is 0 Å². The Balaban J connectivity index is 1.67. The van der Waals surface area contributed by atoms with Crippen LogP contribution in [0.25, 0.3) is 22.1 Å². The molecule has 5 N–H and O–H groups in total. The third kappa shape index (κ3) is 3.37. The molecule has 0 aliphatic carbocycles. The summed E-state index contributed by atoms with van der Waals surface area (Å²) >= 11 is 0. The number of aliphatic hydroxyl groups excluding tert-OH is 3. The van der Waals surface area contributed by atoms with Gasteiger partial charge in [-0.3, -0.25) is 4.79 Å². The van der Waals surface area contributed by atoms with Gasteiger partial charge in [0.2, 0.25) is 17.5 Å². The Hall–Kier alpha value is -3.11. The number of phenolic OH excluding ortho intramolecular Hbond substituents is 2. The highest BCUT2D eigenvalue weighted by atomic mass is 16.7. The van der Waals surface area contributed by atoms with E-state index in [-0.39, 0.29) is 28.0 Å². The lowest BCUT2D eigenvalue weighted by atomic mass is 10.1. The molecule has 0 spiro atoms. The first-order valence-corrected chi connectivity index (χ1v) is 9.21. The number of benzene rings is 2. The van der Waals surface area contributed by atoms with Crippen molar-refractivity contribution in [3.05, 3.63) is 52.9 Å². The van der Waals surface area contributed by atoms with Gasteiger partial charge in [0.1, 0.15) is 30.3 Å². The van der Waals surface area contributed by atoms with E-state index in [0.29, 0.717) is 5.56 Å². The summed E-state index contributed by atoms with van der Waals surface area (Å²) in [4.78, 5) is 12.8. The van der Waals surface area contributed by atoms with Gasteiger partial charge in [-0.2, -0.15) is 0 Å². The van der Waals surface area contributed by atoms with E-state index in [2.05, 4.69) is 0 Å². The molecule has 1 aliphatic heterocycles. The van der Waals surface area contributed by atoms with Crippen molar-refractivity contribution in [3.8, 4) is 28.4 Å².